The van der Waals surface area contributed by atoms with Crippen molar-refractivity contribution in [2.24, 2.45) is 11.8 Å². The molecule has 0 heterocycles. The van der Waals surface area contributed by atoms with Crippen molar-refractivity contribution < 1.29 is 0 Å². The zero-order chi connectivity index (χ0) is 12.5. The predicted octanol–water partition coefficient (Wildman–Crippen LogP) is 4.76. The normalized spacial score (nSPS) is 28.8. The fourth-order valence-electron chi connectivity index (χ4n) is 3.43. The van der Waals surface area contributed by atoms with Crippen LogP contribution in [0.3, 0.4) is 0 Å². The topological polar surface area (TPSA) is 12.0 Å². The molecule has 3 unspecified atom stereocenters. The van der Waals surface area contributed by atoms with Gasteiger partial charge < -0.3 is 5.32 Å². The summed E-state index contributed by atoms with van der Waals surface area (Å²) in [5, 5.41) is 3.47. The first-order valence-corrected chi connectivity index (χ1v) is 7.96. The lowest BCUT2D eigenvalue weighted by molar-refractivity contribution is 0.337. The minimum Gasteiger partial charge on any atom is -0.317 e. The molecule has 1 aliphatic rings. The molecule has 3 atom stereocenters. The summed E-state index contributed by atoms with van der Waals surface area (Å²) in [6.45, 7) is 4.74. The van der Waals surface area contributed by atoms with Crippen molar-refractivity contribution in [3.05, 3.63) is 0 Å². The van der Waals surface area contributed by atoms with Gasteiger partial charge in [0.2, 0.25) is 0 Å². The first-order valence-electron chi connectivity index (χ1n) is 7.96. The molecule has 0 aromatic rings. The van der Waals surface area contributed by atoms with E-state index in [1.54, 1.807) is 0 Å². The molecule has 1 N–H and O–H groups in total. The molecule has 0 saturated heterocycles. The largest absolute Gasteiger partial charge is 0.317 e. The monoisotopic (exact) mass is 239 g/mol. The maximum absolute atomic E-state index is 3.47. The van der Waals surface area contributed by atoms with Crippen LogP contribution in [0.15, 0.2) is 0 Å². The van der Waals surface area contributed by atoms with Crippen molar-refractivity contribution in [3.8, 4) is 0 Å². The van der Waals surface area contributed by atoms with Crippen molar-refractivity contribution in [2.75, 3.05) is 7.05 Å². The first-order chi connectivity index (χ1) is 8.29. The summed E-state index contributed by atoms with van der Waals surface area (Å²) in [4.78, 5) is 0. The van der Waals surface area contributed by atoms with Crippen LogP contribution in [0, 0.1) is 11.8 Å². The second-order valence-electron chi connectivity index (χ2n) is 6.00. The molecule has 0 radical (unpaired) electrons. The zero-order valence-electron chi connectivity index (χ0n) is 12.3. The van der Waals surface area contributed by atoms with E-state index in [1.807, 2.05) is 0 Å². The van der Waals surface area contributed by atoms with Crippen LogP contribution < -0.4 is 5.32 Å². The summed E-state index contributed by atoms with van der Waals surface area (Å²) in [7, 11) is 2.12. The van der Waals surface area contributed by atoms with Crippen LogP contribution in [0.25, 0.3) is 0 Å². The van der Waals surface area contributed by atoms with E-state index in [2.05, 4.69) is 26.2 Å². The standard InChI is InChI=1S/C16H33N/c1-4-5-6-7-8-9-10-11-15-12-13-16(17-3)14(15)2/h14-17H,4-13H2,1-3H3. The third kappa shape index (κ3) is 5.42. The Morgan fingerprint density at radius 2 is 1.59 bits per heavy atom. The number of unbranched alkanes of at least 4 members (excludes halogenated alkanes) is 6. The molecule has 1 rings (SSSR count). The Bertz CT molecular complexity index is 178. The van der Waals surface area contributed by atoms with Gasteiger partial charge in [-0.1, -0.05) is 65.2 Å². The van der Waals surface area contributed by atoms with E-state index in [9.17, 15) is 0 Å². The maximum Gasteiger partial charge on any atom is 0.00924 e. The number of rotatable bonds is 9. The zero-order valence-corrected chi connectivity index (χ0v) is 12.3. The lowest BCUT2D eigenvalue weighted by atomic mass is 9.90. The summed E-state index contributed by atoms with van der Waals surface area (Å²) in [5.74, 6) is 1.91. The van der Waals surface area contributed by atoms with E-state index in [0.29, 0.717) is 0 Å². The summed E-state index contributed by atoms with van der Waals surface area (Å²) in [6, 6.07) is 0.796. The molecule has 0 bridgehead atoms. The molecule has 1 heteroatoms. The van der Waals surface area contributed by atoms with Gasteiger partial charge in [-0.05, 0) is 31.7 Å². The number of hydrogen-bond donors (Lipinski definition) is 1. The highest BCUT2D eigenvalue weighted by atomic mass is 14.9. The minimum absolute atomic E-state index is 0.796. The maximum atomic E-state index is 3.47. The molecule has 1 aliphatic carbocycles. The van der Waals surface area contributed by atoms with Crippen LogP contribution in [-0.2, 0) is 0 Å². The highest BCUT2D eigenvalue weighted by molar-refractivity contribution is 4.85. The summed E-state index contributed by atoms with van der Waals surface area (Å²) < 4.78 is 0. The van der Waals surface area contributed by atoms with Crippen molar-refractivity contribution in [1.29, 1.82) is 0 Å². The molecular weight excluding hydrogens is 206 g/mol. The molecular formula is C16H33N. The molecule has 0 spiro atoms. The van der Waals surface area contributed by atoms with Crippen LogP contribution in [0.2, 0.25) is 0 Å². The Labute approximate surface area is 109 Å². The Balaban J connectivity index is 1.96. The highest BCUT2D eigenvalue weighted by Gasteiger charge is 2.30. The molecule has 17 heavy (non-hydrogen) atoms. The average Bonchev–Trinajstić information content (AvgIpc) is 2.69. The summed E-state index contributed by atoms with van der Waals surface area (Å²) in [5.41, 5.74) is 0. The molecule has 0 aromatic heterocycles. The summed E-state index contributed by atoms with van der Waals surface area (Å²) in [6.07, 6.45) is 14.5. The van der Waals surface area contributed by atoms with E-state index in [4.69, 9.17) is 0 Å². The molecule has 0 aliphatic heterocycles. The van der Waals surface area contributed by atoms with Gasteiger partial charge in [-0.3, -0.25) is 0 Å². The molecule has 0 amide bonds. The van der Waals surface area contributed by atoms with E-state index in [1.165, 1.54) is 64.2 Å². The van der Waals surface area contributed by atoms with Gasteiger partial charge in [0, 0.05) is 6.04 Å². The Hall–Kier alpha value is -0.0400. The molecule has 102 valence electrons. The second-order valence-corrected chi connectivity index (χ2v) is 6.00. The van der Waals surface area contributed by atoms with Gasteiger partial charge in [-0.15, -0.1) is 0 Å². The predicted molar refractivity (Wildman–Crippen MR) is 77.3 cm³/mol. The molecule has 0 aromatic carbocycles. The van der Waals surface area contributed by atoms with Crippen molar-refractivity contribution >= 4 is 0 Å². The van der Waals surface area contributed by atoms with Crippen LogP contribution >= 0.6 is 0 Å². The lowest BCUT2D eigenvalue weighted by Crippen LogP contribution is -2.29. The molecule has 1 fully saturated rings. The van der Waals surface area contributed by atoms with E-state index in [0.717, 1.165) is 17.9 Å². The van der Waals surface area contributed by atoms with Crippen LogP contribution in [0.5, 0.6) is 0 Å². The van der Waals surface area contributed by atoms with Crippen LogP contribution in [-0.4, -0.2) is 13.1 Å². The fraction of sp³-hybridized carbons (Fsp3) is 1.00. The van der Waals surface area contributed by atoms with Gasteiger partial charge in [0.15, 0.2) is 0 Å². The van der Waals surface area contributed by atoms with Gasteiger partial charge in [-0.25, -0.2) is 0 Å². The van der Waals surface area contributed by atoms with E-state index < -0.39 is 0 Å². The van der Waals surface area contributed by atoms with Crippen LogP contribution in [0.1, 0.15) is 78.1 Å². The van der Waals surface area contributed by atoms with E-state index >= 15 is 0 Å². The SMILES string of the molecule is CCCCCCCCCC1CCC(NC)C1C. The Kier molecular flexibility index (Phi) is 7.92. The van der Waals surface area contributed by atoms with Crippen molar-refractivity contribution in [1.82, 2.24) is 5.32 Å². The van der Waals surface area contributed by atoms with Gasteiger partial charge in [0.05, 0.1) is 0 Å². The van der Waals surface area contributed by atoms with Gasteiger partial charge in [0.1, 0.15) is 0 Å². The number of hydrogen-bond acceptors (Lipinski definition) is 1. The third-order valence-corrected chi connectivity index (χ3v) is 4.78. The Morgan fingerprint density at radius 3 is 2.18 bits per heavy atom. The summed E-state index contributed by atoms with van der Waals surface area (Å²) >= 11 is 0. The lowest BCUT2D eigenvalue weighted by Gasteiger charge is -2.20. The third-order valence-electron chi connectivity index (χ3n) is 4.78. The average molecular weight is 239 g/mol. The van der Waals surface area contributed by atoms with Gasteiger partial charge >= 0.3 is 0 Å². The van der Waals surface area contributed by atoms with Crippen LogP contribution in [0.4, 0.5) is 0 Å². The Morgan fingerprint density at radius 1 is 0.941 bits per heavy atom. The van der Waals surface area contributed by atoms with Crippen molar-refractivity contribution in [3.63, 3.8) is 0 Å². The van der Waals surface area contributed by atoms with Gasteiger partial charge in [0.25, 0.3) is 0 Å². The highest BCUT2D eigenvalue weighted by Crippen LogP contribution is 2.35. The second kappa shape index (κ2) is 8.97. The number of nitrogens with one attached hydrogen (secondary N) is 1. The van der Waals surface area contributed by atoms with Crippen molar-refractivity contribution in [2.45, 2.75) is 84.1 Å². The molecule has 1 nitrogen and oxygen atoms in total. The quantitative estimate of drug-likeness (QED) is 0.572. The smallest absolute Gasteiger partial charge is 0.00924 e. The minimum atomic E-state index is 0.796. The fourth-order valence-corrected chi connectivity index (χ4v) is 3.43. The van der Waals surface area contributed by atoms with E-state index in [-0.39, 0.29) is 0 Å². The van der Waals surface area contributed by atoms with Gasteiger partial charge in [-0.2, -0.15) is 0 Å². The molecule has 1 saturated carbocycles. The first kappa shape index (κ1) is 15.0.